The summed E-state index contributed by atoms with van der Waals surface area (Å²) < 4.78 is 34.1. The van der Waals surface area contributed by atoms with Gasteiger partial charge in [-0.3, -0.25) is 4.79 Å². The van der Waals surface area contributed by atoms with Crippen LogP contribution in [0.1, 0.15) is 18.4 Å². The lowest BCUT2D eigenvalue weighted by Gasteiger charge is -2.26. The number of hydrogen-bond donors (Lipinski definition) is 1. The van der Waals surface area contributed by atoms with Crippen molar-refractivity contribution in [3.8, 4) is 17.1 Å². The highest BCUT2D eigenvalue weighted by Crippen LogP contribution is 2.30. The van der Waals surface area contributed by atoms with Crippen LogP contribution in [0.25, 0.3) is 22.6 Å². The molecule has 3 heterocycles. The van der Waals surface area contributed by atoms with Gasteiger partial charge in [0.25, 0.3) is 0 Å². The number of amides is 1. The fourth-order valence-electron chi connectivity index (χ4n) is 3.51. The van der Waals surface area contributed by atoms with Crippen LogP contribution in [0, 0.1) is 11.6 Å². The highest BCUT2D eigenvalue weighted by molar-refractivity contribution is 5.80. The van der Waals surface area contributed by atoms with Crippen molar-refractivity contribution in [2.75, 3.05) is 32.5 Å². The predicted octanol–water partition coefficient (Wildman–Crippen LogP) is 2.24. The number of carbonyl (C=O) groups excluding carboxylic acids is 1. The van der Waals surface area contributed by atoms with E-state index in [1.54, 1.807) is 24.3 Å². The zero-order chi connectivity index (χ0) is 22.7. The van der Waals surface area contributed by atoms with Crippen molar-refractivity contribution in [3.63, 3.8) is 0 Å². The SMILES string of the molecule is COCCC(=O)N1CC=C(c2cnc(N)c(-c3nnnn3-c3cccc(F)c3F)c2)CC1. The molecule has 0 saturated carbocycles. The zero-order valence-electron chi connectivity index (χ0n) is 17.3. The van der Waals surface area contributed by atoms with Gasteiger partial charge in [0, 0.05) is 26.4 Å². The molecule has 0 spiro atoms. The van der Waals surface area contributed by atoms with Gasteiger partial charge in [-0.2, -0.15) is 4.68 Å². The molecule has 9 nitrogen and oxygen atoms in total. The number of aromatic nitrogens is 5. The largest absolute Gasteiger partial charge is 0.384 e. The summed E-state index contributed by atoms with van der Waals surface area (Å²) in [5.74, 6) is -1.77. The highest BCUT2D eigenvalue weighted by Gasteiger charge is 2.21. The molecule has 1 aliphatic heterocycles. The van der Waals surface area contributed by atoms with E-state index >= 15 is 0 Å². The number of nitrogens with two attached hydrogens (primary N) is 1. The average molecular weight is 441 g/mol. The summed E-state index contributed by atoms with van der Waals surface area (Å²) in [6, 6.07) is 5.50. The van der Waals surface area contributed by atoms with Crippen LogP contribution in [0.15, 0.2) is 36.5 Å². The summed E-state index contributed by atoms with van der Waals surface area (Å²) >= 11 is 0. The van der Waals surface area contributed by atoms with E-state index in [2.05, 4.69) is 20.5 Å². The molecule has 1 aromatic carbocycles. The van der Waals surface area contributed by atoms with E-state index in [9.17, 15) is 13.6 Å². The van der Waals surface area contributed by atoms with E-state index in [-0.39, 0.29) is 23.2 Å². The van der Waals surface area contributed by atoms with Gasteiger partial charge in [-0.15, -0.1) is 5.10 Å². The Labute approximate surface area is 182 Å². The Balaban J connectivity index is 1.63. The Morgan fingerprint density at radius 2 is 2.16 bits per heavy atom. The molecule has 166 valence electrons. The van der Waals surface area contributed by atoms with Gasteiger partial charge in [-0.1, -0.05) is 12.1 Å². The van der Waals surface area contributed by atoms with Crippen molar-refractivity contribution >= 4 is 17.3 Å². The fraction of sp³-hybridized carbons (Fsp3) is 0.286. The molecule has 0 bridgehead atoms. The minimum atomic E-state index is -1.07. The van der Waals surface area contributed by atoms with Crippen molar-refractivity contribution in [3.05, 3.63) is 53.7 Å². The number of carbonyl (C=O) groups is 1. The van der Waals surface area contributed by atoms with Crippen LogP contribution < -0.4 is 5.73 Å². The third kappa shape index (κ3) is 4.19. The molecule has 1 amide bonds. The summed E-state index contributed by atoms with van der Waals surface area (Å²) in [6.07, 6.45) is 4.56. The molecule has 2 aromatic heterocycles. The lowest BCUT2D eigenvalue weighted by Crippen LogP contribution is -2.35. The summed E-state index contributed by atoms with van der Waals surface area (Å²) in [6.45, 7) is 1.43. The number of nitrogen functional groups attached to an aromatic ring is 1. The first-order valence-electron chi connectivity index (χ1n) is 9.94. The van der Waals surface area contributed by atoms with Gasteiger partial charge in [-0.05, 0) is 46.2 Å². The highest BCUT2D eigenvalue weighted by atomic mass is 19.2. The maximum atomic E-state index is 14.3. The Bertz CT molecular complexity index is 1180. The Kier molecular flexibility index (Phi) is 6.17. The second-order valence-electron chi connectivity index (χ2n) is 7.21. The van der Waals surface area contributed by atoms with Crippen LogP contribution in [-0.4, -0.2) is 62.8 Å². The molecule has 32 heavy (non-hydrogen) atoms. The van der Waals surface area contributed by atoms with Gasteiger partial charge in [0.05, 0.1) is 18.6 Å². The summed E-state index contributed by atoms with van der Waals surface area (Å²) in [5.41, 5.74) is 8.08. The van der Waals surface area contributed by atoms with Gasteiger partial charge in [0.2, 0.25) is 5.91 Å². The monoisotopic (exact) mass is 441 g/mol. The topological polar surface area (TPSA) is 112 Å². The van der Waals surface area contributed by atoms with Crippen molar-refractivity contribution in [1.82, 2.24) is 30.1 Å². The number of ether oxygens (including phenoxy) is 1. The number of hydrogen-bond acceptors (Lipinski definition) is 7. The third-order valence-electron chi connectivity index (χ3n) is 5.24. The molecule has 11 heteroatoms. The number of anilines is 1. The number of methoxy groups -OCH3 is 1. The zero-order valence-corrected chi connectivity index (χ0v) is 17.3. The minimum Gasteiger partial charge on any atom is -0.384 e. The third-order valence-corrected chi connectivity index (χ3v) is 5.24. The van der Waals surface area contributed by atoms with Gasteiger partial charge in [-0.25, -0.2) is 13.8 Å². The summed E-state index contributed by atoms with van der Waals surface area (Å²) in [5, 5.41) is 11.4. The summed E-state index contributed by atoms with van der Waals surface area (Å²) in [7, 11) is 1.56. The lowest BCUT2D eigenvalue weighted by molar-refractivity contribution is -0.131. The van der Waals surface area contributed by atoms with E-state index in [1.165, 1.54) is 12.1 Å². The van der Waals surface area contributed by atoms with Gasteiger partial charge in [0.1, 0.15) is 11.5 Å². The van der Waals surface area contributed by atoms with Crippen molar-refractivity contribution in [2.45, 2.75) is 12.8 Å². The smallest absolute Gasteiger partial charge is 0.225 e. The van der Waals surface area contributed by atoms with Crippen LogP contribution in [0.4, 0.5) is 14.6 Å². The van der Waals surface area contributed by atoms with Gasteiger partial charge >= 0.3 is 0 Å². The van der Waals surface area contributed by atoms with Gasteiger partial charge in [0.15, 0.2) is 17.5 Å². The molecule has 0 radical (unpaired) electrons. The minimum absolute atomic E-state index is 0.0366. The molecular weight excluding hydrogens is 420 g/mol. The average Bonchev–Trinajstić information content (AvgIpc) is 3.29. The van der Waals surface area contributed by atoms with E-state index in [0.717, 1.165) is 21.9 Å². The van der Waals surface area contributed by atoms with Crippen molar-refractivity contribution < 1.29 is 18.3 Å². The first-order chi connectivity index (χ1) is 15.5. The van der Waals surface area contributed by atoms with Gasteiger partial charge < -0.3 is 15.4 Å². The van der Waals surface area contributed by atoms with Crippen LogP contribution in [0.3, 0.4) is 0 Å². The first-order valence-corrected chi connectivity index (χ1v) is 9.94. The van der Waals surface area contributed by atoms with E-state index in [1.807, 2.05) is 6.08 Å². The van der Waals surface area contributed by atoms with Crippen LogP contribution >= 0.6 is 0 Å². The van der Waals surface area contributed by atoms with E-state index < -0.39 is 11.6 Å². The second-order valence-corrected chi connectivity index (χ2v) is 7.21. The molecule has 0 unspecified atom stereocenters. The maximum absolute atomic E-state index is 14.3. The molecule has 1 aliphatic rings. The number of pyridine rings is 1. The number of tetrazole rings is 1. The van der Waals surface area contributed by atoms with Crippen LogP contribution in [0.2, 0.25) is 0 Å². The van der Waals surface area contributed by atoms with Crippen LogP contribution in [0.5, 0.6) is 0 Å². The Morgan fingerprint density at radius 1 is 1.31 bits per heavy atom. The second kappa shape index (κ2) is 9.18. The number of halogens is 2. The van der Waals surface area contributed by atoms with E-state index in [0.29, 0.717) is 38.1 Å². The van der Waals surface area contributed by atoms with Crippen molar-refractivity contribution in [1.29, 1.82) is 0 Å². The molecule has 4 rings (SSSR count). The predicted molar refractivity (Wildman–Crippen MR) is 112 cm³/mol. The standard InChI is InChI=1S/C21H21F2N7O2/c1-32-10-7-18(31)29-8-5-13(6-9-29)14-11-15(20(24)25-12-14)21-26-27-28-30(21)17-4-2-3-16(22)19(17)23/h2-5,11-12H,6-10H2,1H3,(H2,24,25). The molecule has 0 fully saturated rings. The molecule has 0 saturated heterocycles. The van der Waals surface area contributed by atoms with E-state index in [4.69, 9.17) is 10.5 Å². The number of nitrogens with zero attached hydrogens (tertiary/aromatic N) is 6. The first kappa shape index (κ1) is 21.5. The molecule has 0 atom stereocenters. The normalized spacial score (nSPS) is 13.8. The number of rotatable bonds is 6. The maximum Gasteiger partial charge on any atom is 0.225 e. The van der Waals surface area contributed by atoms with Crippen molar-refractivity contribution in [2.24, 2.45) is 0 Å². The Hall–Kier alpha value is -3.73. The lowest BCUT2D eigenvalue weighted by atomic mass is 9.99. The quantitative estimate of drug-likeness (QED) is 0.624. The molecule has 2 N–H and O–H groups in total. The molecule has 3 aromatic rings. The van der Waals surface area contributed by atoms with Crippen LogP contribution in [-0.2, 0) is 9.53 Å². The molecular formula is C21H21F2N7O2. The molecule has 0 aliphatic carbocycles. The summed E-state index contributed by atoms with van der Waals surface area (Å²) in [4.78, 5) is 18.2. The fourth-order valence-corrected chi connectivity index (χ4v) is 3.51. The number of benzene rings is 1. The Morgan fingerprint density at radius 3 is 2.91 bits per heavy atom.